The topological polar surface area (TPSA) is 72.9 Å². The first kappa shape index (κ1) is 23.9. The molecule has 1 aromatic carbocycles. The second-order valence-corrected chi connectivity index (χ2v) is 10.5. The highest BCUT2D eigenvalue weighted by atomic mass is 32.2. The normalized spacial score (nSPS) is 23.5. The van der Waals surface area contributed by atoms with Gasteiger partial charge in [-0.2, -0.15) is 8.78 Å². The second-order valence-electron chi connectivity index (χ2n) is 8.45. The molecular weight excluding hydrogens is 428 g/mol. The molecule has 1 saturated heterocycles. The summed E-state index contributed by atoms with van der Waals surface area (Å²) in [6.07, 6.45) is 5.36. The average Bonchev–Trinajstić information content (AvgIpc) is 2.75. The smallest absolute Gasteiger partial charge is 0.324 e. The van der Waals surface area contributed by atoms with Gasteiger partial charge in [-0.1, -0.05) is 6.92 Å². The van der Waals surface area contributed by atoms with Gasteiger partial charge in [0.05, 0.1) is 23.2 Å². The van der Waals surface area contributed by atoms with Gasteiger partial charge in [0.25, 0.3) is 5.91 Å². The number of carbonyl (C=O) groups excluding carboxylic acids is 1. The number of halogens is 2. The number of carbonyl (C=O) groups is 1. The van der Waals surface area contributed by atoms with Crippen LogP contribution in [0, 0.1) is 0 Å². The third kappa shape index (κ3) is 6.38. The summed E-state index contributed by atoms with van der Waals surface area (Å²) in [7, 11) is -3.22. The number of nitrogens with zero attached hydrogens (tertiary/aromatic N) is 1. The summed E-state index contributed by atoms with van der Waals surface area (Å²) >= 11 is 0. The molecule has 0 aromatic heterocycles. The van der Waals surface area contributed by atoms with Gasteiger partial charge < -0.3 is 14.4 Å². The second kappa shape index (κ2) is 9.81. The minimum absolute atomic E-state index is 0.00898. The summed E-state index contributed by atoms with van der Waals surface area (Å²) in [6, 6.07) is 6.45. The molecule has 1 aliphatic carbocycles. The maximum absolute atomic E-state index is 13.6. The van der Waals surface area contributed by atoms with E-state index in [1.54, 1.807) is 24.3 Å². The first-order valence-corrected chi connectivity index (χ1v) is 12.8. The van der Waals surface area contributed by atoms with Crippen molar-refractivity contribution < 1.29 is 31.5 Å². The molecule has 6 nitrogen and oxygen atoms in total. The Bertz CT molecular complexity index is 843. The van der Waals surface area contributed by atoms with Crippen molar-refractivity contribution in [2.45, 2.75) is 81.0 Å². The lowest BCUT2D eigenvalue weighted by molar-refractivity contribution is -0.161. The summed E-state index contributed by atoms with van der Waals surface area (Å²) in [6.45, 7) is 1.93. The van der Waals surface area contributed by atoms with E-state index < -0.39 is 28.1 Å². The maximum Gasteiger partial charge on any atom is 0.324 e. The van der Waals surface area contributed by atoms with Crippen molar-refractivity contribution >= 4 is 15.7 Å². The van der Waals surface area contributed by atoms with Gasteiger partial charge in [-0.05, 0) is 62.8 Å². The highest BCUT2D eigenvalue weighted by Crippen LogP contribution is 2.29. The van der Waals surface area contributed by atoms with Crippen LogP contribution in [0.5, 0.6) is 5.75 Å². The number of rotatable bonds is 7. The fourth-order valence-electron chi connectivity index (χ4n) is 4.09. The summed E-state index contributed by atoms with van der Waals surface area (Å²) < 4.78 is 62.4. The lowest BCUT2D eigenvalue weighted by Gasteiger charge is -2.37. The number of hydrogen-bond acceptors (Lipinski definition) is 5. The monoisotopic (exact) mass is 459 g/mol. The molecule has 1 aliphatic heterocycles. The molecule has 0 atom stereocenters. The number of ether oxygens (including phenoxy) is 2. The zero-order chi connectivity index (χ0) is 22.6. The molecular formula is C22H31F2NO5S. The molecule has 0 bridgehead atoms. The molecule has 1 saturated carbocycles. The van der Waals surface area contributed by atoms with E-state index in [0.717, 1.165) is 25.7 Å². The molecule has 1 aromatic rings. The standard InChI is InChI=1S/C22H31F2NO5S/c1-3-22(23,24)21(26)25-14-12-19(13-15-25)30-17-6-4-16(5-7-17)29-18-8-10-20(11-9-18)31(2,27)28/h8-11,16-17,19H,3-7,12-15H2,1-2H3. The van der Waals surface area contributed by atoms with Crippen LogP contribution < -0.4 is 4.74 Å². The Labute approximate surface area is 182 Å². The molecule has 1 amide bonds. The van der Waals surface area contributed by atoms with Crippen LogP contribution in [-0.2, 0) is 19.4 Å². The summed E-state index contributed by atoms with van der Waals surface area (Å²) in [4.78, 5) is 13.4. The first-order chi connectivity index (χ1) is 14.6. The Morgan fingerprint density at radius 1 is 1.00 bits per heavy atom. The van der Waals surface area contributed by atoms with E-state index in [4.69, 9.17) is 9.47 Å². The first-order valence-electron chi connectivity index (χ1n) is 10.9. The molecule has 2 fully saturated rings. The Kier molecular flexibility index (Phi) is 7.57. The summed E-state index contributed by atoms with van der Waals surface area (Å²) in [5.74, 6) is -3.70. The zero-order valence-corrected chi connectivity index (χ0v) is 18.9. The minimum atomic E-state index is -3.28. The van der Waals surface area contributed by atoms with E-state index in [9.17, 15) is 22.0 Å². The third-order valence-corrected chi connectivity index (χ3v) is 7.18. The van der Waals surface area contributed by atoms with Crippen molar-refractivity contribution in [1.29, 1.82) is 0 Å². The molecule has 0 radical (unpaired) electrons. The van der Waals surface area contributed by atoms with E-state index >= 15 is 0 Å². The number of benzene rings is 1. The van der Waals surface area contributed by atoms with Gasteiger partial charge in [0.15, 0.2) is 9.84 Å². The Morgan fingerprint density at radius 2 is 1.52 bits per heavy atom. The van der Waals surface area contributed by atoms with Gasteiger partial charge in [-0.15, -0.1) is 0 Å². The van der Waals surface area contributed by atoms with Crippen molar-refractivity contribution in [2.75, 3.05) is 19.3 Å². The Balaban J connectivity index is 1.39. The lowest BCUT2D eigenvalue weighted by Crippen LogP contribution is -2.48. The number of alkyl halides is 2. The van der Waals surface area contributed by atoms with Gasteiger partial charge in [-0.25, -0.2) is 8.42 Å². The van der Waals surface area contributed by atoms with Crippen molar-refractivity contribution in [1.82, 2.24) is 4.90 Å². The van der Waals surface area contributed by atoms with Crippen LogP contribution in [0.1, 0.15) is 51.9 Å². The highest BCUT2D eigenvalue weighted by molar-refractivity contribution is 7.90. The van der Waals surface area contributed by atoms with Crippen molar-refractivity contribution in [3.63, 3.8) is 0 Å². The fraction of sp³-hybridized carbons (Fsp3) is 0.682. The molecule has 0 unspecified atom stereocenters. The number of piperidine rings is 1. The van der Waals surface area contributed by atoms with Crippen molar-refractivity contribution in [2.24, 2.45) is 0 Å². The van der Waals surface area contributed by atoms with Crippen LogP contribution in [0.15, 0.2) is 29.2 Å². The molecule has 31 heavy (non-hydrogen) atoms. The van der Waals surface area contributed by atoms with Crippen LogP contribution in [0.2, 0.25) is 0 Å². The highest BCUT2D eigenvalue weighted by Gasteiger charge is 2.41. The molecule has 3 rings (SSSR count). The lowest BCUT2D eigenvalue weighted by atomic mass is 9.94. The van der Waals surface area contributed by atoms with E-state index in [0.29, 0.717) is 31.7 Å². The van der Waals surface area contributed by atoms with Crippen LogP contribution in [0.4, 0.5) is 8.78 Å². The number of hydrogen-bond donors (Lipinski definition) is 0. The van der Waals surface area contributed by atoms with Crippen molar-refractivity contribution in [3.05, 3.63) is 24.3 Å². The predicted molar refractivity (Wildman–Crippen MR) is 112 cm³/mol. The van der Waals surface area contributed by atoms with E-state index in [1.165, 1.54) is 18.1 Å². The van der Waals surface area contributed by atoms with Crippen LogP contribution in [0.25, 0.3) is 0 Å². The Hall–Kier alpha value is -1.74. The van der Waals surface area contributed by atoms with Crippen LogP contribution in [-0.4, -0.2) is 62.8 Å². The minimum Gasteiger partial charge on any atom is -0.490 e. The molecule has 9 heteroatoms. The fourth-order valence-corrected chi connectivity index (χ4v) is 4.72. The predicted octanol–water partition coefficient (Wildman–Crippen LogP) is 3.83. The van der Waals surface area contributed by atoms with Gasteiger partial charge in [-0.3, -0.25) is 4.79 Å². The molecule has 2 aliphatic rings. The van der Waals surface area contributed by atoms with Gasteiger partial charge in [0.1, 0.15) is 5.75 Å². The number of likely N-dealkylation sites (tertiary alicyclic amines) is 1. The molecule has 0 spiro atoms. The Morgan fingerprint density at radius 3 is 2.03 bits per heavy atom. The SMILES string of the molecule is CCC(F)(F)C(=O)N1CCC(OC2CCC(Oc3ccc(S(C)(=O)=O)cc3)CC2)CC1. The summed E-state index contributed by atoms with van der Waals surface area (Å²) in [5.41, 5.74) is 0. The third-order valence-electron chi connectivity index (χ3n) is 6.05. The van der Waals surface area contributed by atoms with Gasteiger partial charge in [0, 0.05) is 25.8 Å². The van der Waals surface area contributed by atoms with E-state index in [2.05, 4.69) is 0 Å². The van der Waals surface area contributed by atoms with Crippen LogP contribution in [0.3, 0.4) is 0 Å². The van der Waals surface area contributed by atoms with E-state index in [-0.39, 0.29) is 23.2 Å². The summed E-state index contributed by atoms with van der Waals surface area (Å²) in [5, 5.41) is 0. The zero-order valence-electron chi connectivity index (χ0n) is 18.1. The number of sulfone groups is 1. The molecule has 174 valence electrons. The molecule has 0 N–H and O–H groups in total. The van der Waals surface area contributed by atoms with Gasteiger partial charge >= 0.3 is 5.92 Å². The maximum atomic E-state index is 13.6. The molecule has 1 heterocycles. The van der Waals surface area contributed by atoms with E-state index in [1.807, 2.05) is 0 Å². The van der Waals surface area contributed by atoms with Crippen LogP contribution >= 0.6 is 0 Å². The largest absolute Gasteiger partial charge is 0.490 e. The number of amides is 1. The average molecular weight is 460 g/mol. The van der Waals surface area contributed by atoms with Crippen molar-refractivity contribution in [3.8, 4) is 5.75 Å². The van der Waals surface area contributed by atoms with Gasteiger partial charge in [0.2, 0.25) is 0 Å². The quantitative estimate of drug-likeness (QED) is 0.620.